The standard InChI is InChI=1S/C23H27N3O2/c1-4-28-19-14-12-18(13-15-19)8-7-11-23(27)25-24-16-21-17(2)26(3)22-10-6-5-9-20(21)22/h5-6,9-10,12-16H,4,7-8,11H2,1-3H3,(H,25,27)/b24-16+. The maximum atomic E-state index is 12.1. The molecule has 1 heterocycles. The molecule has 0 saturated heterocycles. The minimum Gasteiger partial charge on any atom is -0.494 e. The first-order valence-corrected chi connectivity index (χ1v) is 9.67. The number of rotatable bonds is 8. The van der Waals surface area contributed by atoms with Crippen LogP contribution >= 0.6 is 0 Å². The summed E-state index contributed by atoms with van der Waals surface area (Å²) in [7, 11) is 2.04. The molecule has 0 unspecified atom stereocenters. The quantitative estimate of drug-likeness (QED) is 0.468. The van der Waals surface area contributed by atoms with E-state index in [1.165, 1.54) is 5.56 Å². The number of aryl methyl sites for hydroxylation is 2. The number of benzene rings is 2. The average Bonchev–Trinajstić information content (AvgIpc) is 2.95. The molecule has 146 valence electrons. The van der Waals surface area contributed by atoms with Crippen LogP contribution < -0.4 is 10.2 Å². The molecule has 28 heavy (non-hydrogen) atoms. The van der Waals surface area contributed by atoms with Gasteiger partial charge in [0, 0.05) is 35.6 Å². The number of hydrogen-bond donors (Lipinski definition) is 1. The SMILES string of the molecule is CCOc1ccc(CCCC(=O)N/N=C/c2c(C)n(C)c3ccccc23)cc1. The summed E-state index contributed by atoms with van der Waals surface area (Å²) in [6, 6.07) is 16.2. The zero-order valence-corrected chi connectivity index (χ0v) is 16.7. The first-order chi connectivity index (χ1) is 13.6. The molecule has 1 N–H and O–H groups in total. The Kier molecular flexibility index (Phi) is 6.48. The number of ether oxygens (including phenoxy) is 1. The van der Waals surface area contributed by atoms with Gasteiger partial charge in [-0.2, -0.15) is 5.10 Å². The third-order valence-corrected chi connectivity index (χ3v) is 4.94. The lowest BCUT2D eigenvalue weighted by Crippen LogP contribution is -2.17. The highest BCUT2D eigenvalue weighted by atomic mass is 16.5. The zero-order chi connectivity index (χ0) is 19.9. The molecule has 0 aliphatic rings. The van der Waals surface area contributed by atoms with Gasteiger partial charge < -0.3 is 9.30 Å². The van der Waals surface area contributed by atoms with E-state index in [1.54, 1.807) is 6.21 Å². The fourth-order valence-electron chi connectivity index (χ4n) is 3.31. The molecule has 0 aliphatic carbocycles. The van der Waals surface area contributed by atoms with Gasteiger partial charge in [0.1, 0.15) is 5.75 Å². The van der Waals surface area contributed by atoms with Gasteiger partial charge >= 0.3 is 0 Å². The van der Waals surface area contributed by atoms with Crippen LogP contribution in [0.1, 0.15) is 36.6 Å². The van der Waals surface area contributed by atoms with Crippen LogP contribution in [-0.2, 0) is 18.3 Å². The van der Waals surface area contributed by atoms with Crippen molar-refractivity contribution in [2.24, 2.45) is 12.1 Å². The van der Waals surface area contributed by atoms with E-state index in [-0.39, 0.29) is 5.91 Å². The normalized spacial score (nSPS) is 11.2. The van der Waals surface area contributed by atoms with Gasteiger partial charge in [0.05, 0.1) is 12.8 Å². The second-order valence-corrected chi connectivity index (χ2v) is 6.80. The second-order valence-electron chi connectivity index (χ2n) is 6.80. The summed E-state index contributed by atoms with van der Waals surface area (Å²) in [4.78, 5) is 12.1. The highest BCUT2D eigenvalue weighted by Crippen LogP contribution is 2.23. The van der Waals surface area contributed by atoms with Crippen molar-refractivity contribution in [2.45, 2.75) is 33.1 Å². The molecule has 0 aliphatic heterocycles. The minimum absolute atomic E-state index is 0.0694. The first kappa shape index (κ1) is 19.7. The largest absolute Gasteiger partial charge is 0.494 e. The maximum Gasteiger partial charge on any atom is 0.240 e. The smallest absolute Gasteiger partial charge is 0.240 e. The Bertz CT molecular complexity index is 971. The van der Waals surface area contributed by atoms with E-state index in [1.807, 2.05) is 50.4 Å². The Labute approximate surface area is 166 Å². The van der Waals surface area contributed by atoms with Crippen LogP contribution in [0.3, 0.4) is 0 Å². The van der Waals surface area contributed by atoms with E-state index in [9.17, 15) is 4.79 Å². The maximum absolute atomic E-state index is 12.1. The number of hydrazone groups is 1. The van der Waals surface area contributed by atoms with Crippen molar-refractivity contribution in [1.82, 2.24) is 9.99 Å². The summed E-state index contributed by atoms with van der Waals surface area (Å²) in [6.45, 7) is 4.69. The van der Waals surface area contributed by atoms with Crippen LogP contribution in [0.15, 0.2) is 53.6 Å². The molecule has 2 aromatic carbocycles. The van der Waals surface area contributed by atoms with Crippen LogP contribution in [0.2, 0.25) is 0 Å². The van der Waals surface area contributed by atoms with Gasteiger partial charge in [-0.25, -0.2) is 5.43 Å². The summed E-state index contributed by atoms with van der Waals surface area (Å²) in [6.07, 6.45) is 3.82. The number of amides is 1. The Morgan fingerprint density at radius 2 is 1.93 bits per heavy atom. The minimum atomic E-state index is -0.0694. The van der Waals surface area contributed by atoms with E-state index in [0.717, 1.165) is 40.8 Å². The highest BCUT2D eigenvalue weighted by Gasteiger charge is 2.09. The van der Waals surface area contributed by atoms with Gasteiger partial charge in [-0.05, 0) is 50.5 Å². The summed E-state index contributed by atoms with van der Waals surface area (Å²) >= 11 is 0. The van der Waals surface area contributed by atoms with E-state index in [4.69, 9.17) is 4.74 Å². The predicted octanol–water partition coefficient (Wildman–Crippen LogP) is 4.36. The molecular weight excluding hydrogens is 350 g/mol. The Balaban J connectivity index is 1.50. The molecule has 0 radical (unpaired) electrons. The molecule has 5 heteroatoms. The van der Waals surface area contributed by atoms with Gasteiger partial charge in [-0.15, -0.1) is 0 Å². The van der Waals surface area contributed by atoms with Crippen molar-refractivity contribution < 1.29 is 9.53 Å². The van der Waals surface area contributed by atoms with Gasteiger partial charge in [0.2, 0.25) is 5.91 Å². The number of hydrogen-bond acceptors (Lipinski definition) is 3. The van der Waals surface area contributed by atoms with Gasteiger partial charge in [0.15, 0.2) is 0 Å². The number of carbonyl (C=O) groups is 1. The summed E-state index contributed by atoms with van der Waals surface area (Å²) < 4.78 is 7.57. The molecule has 0 bridgehead atoms. The molecule has 0 spiro atoms. The first-order valence-electron chi connectivity index (χ1n) is 9.67. The van der Waals surface area contributed by atoms with E-state index in [2.05, 4.69) is 34.2 Å². The number of para-hydroxylation sites is 1. The fourth-order valence-corrected chi connectivity index (χ4v) is 3.31. The molecule has 1 aromatic heterocycles. The molecule has 3 aromatic rings. The van der Waals surface area contributed by atoms with Crippen LogP contribution in [0.5, 0.6) is 5.75 Å². The van der Waals surface area contributed by atoms with Crippen LogP contribution in [-0.4, -0.2) is 23.3 Å². The molecule has 0 saturated carbocycles. The van der Waals surface area contributed by atoms with E-state index in [0.29, 0.717) is 13.0 Å². The third kappa shape index (κ3) is 4.60. The molecule has 0 fully saturated rings. The number of aromatic nitrogens is 1. The number of nitrogens with one attached hydrogen (secondary N) is 1. The molecular formula is C23H27N3O2. The van der Waals surface area contributed by atoms with Crippen LogP contribution in [0.4, 0.5) is 0 Å². The second kappa shape index (κ2) is 9.22. The van der Waals surface area contributed by atoms with Gasteiger partial charge in [-0.3, -0.25) is 4.79 Å². The summed E-state index contributed by atoms with van der Waals surface area (Å²) in [5.41, 5.74) is 7.16. The Morgan fingerprint density at radius 3 is 2.68 bits per heavy atom. The topological polar surface area (TPSA) is 55.6 Å². The molecule has 1 amide bonds. The van der Waals surface area contributed by atoms with Crippen molar-refractivity contribution in [2.75, 3.05) is 6.61 Å². The van der Waals surface area contributed by atoms with E-state index < -0.39 is 0 Å². The van der Waals surface area contributed by atoms with Gasteiger partial charge in [-0.1, -0.05) is 30.3 Å². The Morgan fingerprint density at radius 1 is 1.18 bits per heavy atom. The molecule has 3 rings (SSSR count). The van der Waals surface area contributed by atoms with Crippen molar-refractivity contribution >= 4 is 23.0 Å². The van der Waals surface area contributed by atoms with Crippen molar-refractivity contribution in [3.05, 3.63) is 65.4 Å². The lowest BCUT2D eigenvalue weighted by molar-refractivity contribution is -0.121. The van der Waals surface area contributed by atoms with Crippen molar-refractivity contribution in [1.29, 1.82) is 0 Å². The number of carbonyl (C=O) groups excluding carboxylic acids is 1. The van der Waals surface area contributed by atoms with Crippen molar-refractivity contribution in [3.63, 3.8) is 0 Å². The fraction of sp³-hybridized carbons (Fsp3) is 0.304. The average molecular weight is 377 g/mol. The lowest BCUT2D eigenvalue weighted by atomic mass is 10.1. The van der Waals surface area contributed by atoms with Gasteiger partial charge in [0.25, 0.3) is 0 Å². The predicted molar refractivity (Wildman–Crippen MR) is 114 cm³/mol. The highest BCUT2D eigenvalue weighted by molar-refractivity contribution is 6.01. The monoisotopic (exact) mass is 377 g/mol. The summed E-state index contributed by atoms with van der Waals surface area (Å²) in [5.74, 6) is 0.808. The van der Waals surface area contributed by atoms with Crippen molar-refractivity contribution in [3.8, 4) is 5.75 Å². The van der Waals surface area contributed by atoms with E-state index >= 15 is 0 Å². The zero-order valence-electron chi connectivity index (χ0n) is 16.7. The Hall–Kier alpha value is -3.08. The molecule has 5 nitrogen and oxygen atoms in total. The van der Waals surface area contributed by atoms with Crippen LogP contribution in [0, 0.1) is 6.92 Å². The summed E-state index contributed by atoms with van der Waals surface area (Å²) in [5, 5.41) is 5.30. The lowest BCUT2D eigenvalue weighted by Gasteiger charge is -2.05. The number of fused-ring (bicyclic) bond motifs is 1. The third-order valence-electron chi connectivity index (χ3n) is 4.94. The number of nitrogens with zero attached hydrogens (tertiary/aromatic N) is 2. The molecule has 0 atom stereocenters. The van der Waals surface area contributed by atoms with Crippen LogP contribution in [0.25, 0.3) is 10.9 Å².